The first-order valence-corrected chi connectivity index (χ1v) is 13.8. The summed E-state index contributed by atoms with van der Waals surface area (Å²) < 4.78 is 5.51. The van der Waals surface area contributed by atoms with Crippen LogP contribution in [0.1, 0.15) is 62.8 Å². The quantitative estimate of drug-likeness (QED) is 0.201. The molecule has 0 spiro atoms. The molecule has 2 aromatic carbocycles. The topological polar surface area (TPSA) is 165 Å². The van der Waals surface area contributed by atoms with Crippen LogP contribution in [0.25, 0.3) is 0 Å². The smallest absolute Gasteiger partial charge is 0.320 e. The maximum atomic E-state index is 12.8. The fourth-order valence-electron chi connectivity index (χ4n) is 4.41. The fraction of sp³-hybridized carbons (Fsp3) is 0.484. The van der Waals surface area contributed by atoms with E-state index in [-0.39, 0.29) is 62.7 Å². The molecule has 2 rings (SSSR count). The highest BCUT2D eigenvalue weighted by Crippen LogP contribution is 2.23. The van der Waals surface area contributed by atoms with Crippen molar-refractivity contribution >= 4 is 23.7 Å². The van der Waals surface area contributed by atoms with Crippen LogP contribution in [0.15, 0.2) is 36.4 Å². The molecule has 11 heteroatoms. The van der Waals surface area contributed by atoms with Gasteiger partial charge in [-0.1, -0.05) is 24.3 Å². The van der Waals surface area contributed by atoms with Gasteiger partial charge in [0.15, 0.2) is 0 Å². The molecule has 0 fully saturated rings. The number of hydrogen-bond acceptors (Lipinski definition) is 9. The van der Waals surface area contributed by atoms with Crippen molar-refractivity contribution in [1.29, 1.82) is 0 Å². The normalized spacial score (nSPS) is 11.6. The van der Waals surface area contributed by atoms with Gasteiger partial charge >= 0.3 is 17.9 Å². The lowest BCUT2D eigenvalue weighted by Gasteiger charge is -2.28. The first-order chi connectivity index (χ1) is 19.6. The van der Waals surface area contributed by atoms with E-state index in [2.05, 4.69) is 0 Å². The van der Waals surface area contributed by atoms with Crippen molar-refractivity contribution in [1.82, 2.24) is 9.80 Å². The largest absolute Gasteiger partial charge is 0.508 e. The van der Waals surface area contributed by atoms with Crippen LogP contribution in [0.2, 0.25) is 0 Å². The third-order valence-electron chi connectivity index (χ3n) is 6.28. The Balaban J connectivity index is 2.26. The van der Waals surface area contributed by atoms with Gasteiger partial charge in [-0.2, -0.15) is 0 Å². The van der Waals surface area contributed by atoms with E-state index in [1.807, 2.05) is 4.90 Å². The van der Waals surface area contributed by atoms with Gasteiger partial charge in [0.1, 0.15) is 22.9 Å². The molecule has 4 N–H and O–H groups in total. The van der Waals surface area contributed by atoms with E-state index in [1.54, 1.807) is 49.9 Å². The van der Waals surface area contributed by atoms with Crippen LogP contribution < -0.4 is 0 Å². The Labute approximate surface area is 246 Å². The molecule has 0 unspecified atom stereocenters. The number of phenols is 2. The summed E-state index contributed by atoms with van der Waals surface area (Å²) in [7, 11) is 0. The number of Topliss-reactive ketones (excluding diaryl/α,β-unsaturated/α-hetero) is 1. The zero-order chi connectivity index (χ0) is 31.4. The lowest BCUT2D eigenvalue weighted by Crippen LogP contribution is -2.40. The number of esters is 1. The third kappa shape index (κ3) is 13.1. The predicted molar refractivity (Wildman–Crippen MR) is 155 cm³/mol. The molecule has 0 amide bonds. The van der Waals surface area contributed by atoms with Crippen LogP contribution >= 0.6 is 0 Å². The summed E-state index contributed by atoms with van der Waals surface area (Å²) in [6.45, 7) is 7.71. The third-order valence-corrected chi connectivity index (χ3v) is 6.28. The van der Waals surface area contributed by atoms with Crippen LogP contribution in [-0.2, 0) is 49.8 Å². The first-order valence-electron chi connectivity index (χ1n) is 13.8. The standard InChI is InChI=1S/C31H42N2O9/c1-21(34)17-32(18-24-15-22(5-9-26(24)35)7-11-28(37)38)13-14-33(20-30(41)42-31(2,3)4)19-25-16-23(6-10-27(25)36)8-12-29(39)40/h5-6,9-10,15-16,35-36H,7-8,11-14,17-20H2,1-4H3,(H,37,38)(H,39,40). The molecule has 0 saturated carbocycles. The van der Waals surface area contributed by atoms with Gasteiger partial charge in [-0.15, -0.1) is 0 Å². The first kappa shape index (κ1) is 34.2. The van der Waals surface area contributed by atoms with Gasteiger partial charge in [-0.25, -0.2) is 0 Å². The molecule has 230 valence electrons. The summed E-state index contributed by atoms with van der Waals surface area (Å²) >= 11 is 0. The lowest BCUT2D eigenvalue weighted by molar-refractivity contribution is -0.156. The van der Waals surface area contributed by atoms with Crippen LogP contribution in [0.3, 0.4) is 0 Å². The lowest BCUT2D eigenvalue weighted by atomic mass is 10.0. The van der Waals surface area contributed by atoms with Gasteiger partial charge in [0.25, 0.3) is 0 Å². The minimum Gasteiger partial charge on any atom is -0.508 e. The molecule has 42 heavy (non-hydrogen) atoms. The number of rotatable bonds is 17. The number of carboxylic acid groups (broad SMARTS) is 2. The molecular weight excluding hydrogens is 544 g/mol. The van der Waals surface area contributed by atoms with Crippen molar-refractivity contribution in [3.8, 4) is 11.5 Å². The van der Waals surface area contributed by atoms with Gasteiger partial charge < -0.3 is 25.2 Å². The highest BCUT2D eigenvalue weighted by molar-refractivity contribution is 5.77. The van der Waals surface area contributed by atoms with E-state index >= 15 is 0 Å². The van der Waals surface area contributed by atoms with E-state index in [0.717, 1.165) is 11.1 Å². The van der Waals surface area contributed by atoms with Crippen LogP contribution in [-0.4, -0.2) is 85.7 Å². The zero-order valence-corrected chi connectivity index (χ0v) is 24.8. The van der Waals surface area contributed by atoms with Crippen LogP contribution in [0.4, 0.5) is 0 Å². The van der Waals surface area contributed by atoms with E-state index < -0.39 is 23.5 Å². The molecule has 0 aliphatic carbocycles. The van der Waals surface area contributed by atoms with Crippen molar-refractivity contribution < 1.29 is 44.3 Å². The molecule has 11 nitrogen and oxygen atoms in total. The van der Waals surface area contributed by atoms with Crippen molar-refractivity contribution in [2.24, 2.45) is 0 Å². The average molecular weight is 587 g/mol. The molecule has 0 saturated heterocycles. The molecule has 0 radical (unpaired) electrons. The summed E-state index contributed by atoms with van der Waals surface area (Å²) in [4.78, 5) is 50.5. The monoisotopic (exact) mass is 586 g/mol. The number of ketones is 1. The Hall–Kier alpha value is -3.96. The summed E-state index contributed by atoms with van der Waals surface area (Å²) in [6.07, 6.45) is 0.478. The molecular formula is C31H42N2O9. The van der Waals surface area contributed by atoms with Crippen LogP contribution in [0.5, 0.6) is 11.5 Å². The van der Waals surface area contributed by atoms with E-state index in [9.17, 15) is 29.4 Å². The average Bonchev–Trinajstić information content (AvgIpc) is 2.86. The molecule has 2 aromatic rings. The number of carboxylic acids is 2. The number of hydrogen-bond donors (Lipinski definition) is 4. The van der Waals surface area contributed by atoms with Crippen molar-refractivity contribution in [3.63, 3.8) is 0 Å². The van der Waals surface area contributed by atoms with Gasteiger partial charge in [-0.3, -0.25) is 29.0 Å². The molecule has 0 heterocycles. The minimum absolute atomic E-state index is 0.00644. The number of benzene rings is 2. The molecule has 0 aliphatic heterocycles. The predicted octanol–water partition coefficient (Wildman–Crippen LogP) is 3.37. The molecule has 0 aliphatic rings. The Morgan fingerprint density at radius 1 is 0.738 bits per heavy atom. The van der Waals surface area contributed by atoms with Gasteiger partial charge in [-0.05, 0) is 63.8 Å². The number of aliphatic carboxylic acids is 2. The number of ether oxygens (including phenoxy) is 1. The fourth-order valence-corrected chi connectivity index (χ4v) is 4.41. The highest BCUT2D eigenvalue weighted by atomic mass is 16.6. The Kier molecular flexibility index (Phi) is 12.9. The highest BCUT2D eigenvalue weighted by Gasteiger charge is 2.22. The van der Waals surface area contributed by atoms with Gasteiger partial charge in [0, 0.05) is 50.1 Å². The van der Waals surface area contributed by atoms with Crippen molar-refractivity contribution in [2.45, 2.75) is 72.1 Å². The minimum atomic E-state index is -0.930. The number of carbonyl (C=O) groups is 4. The molecule has 0 atom stereocenters. The molecule has 0 aromatic heterocycles. The SMILES string of the molecule is CC(=O)CN(CCN(CC(=O)OC(C)(C)C)Cc1cc(CCC(=O)O)ccc1O)Cc1cc(CCC(=O)O)ccc1O. The second-order valence-electron chi connectivity index (χ2n) is 11.4. The van der Waals surface area contributed by atoms with E-state index in [0.29, 0.717) is 30.6 Å². The number of nitrogens with zero attached hydrogens (tertiary/aromatic N) is 2. The zero-order valence-electron chi connectivity index (χ0n) is 24.8. The van der Waals surface area contributed by atoms with Crippen molar-refractivity contribution in [2.75, 3.05) is 26.2 Å². The summed E-state index contributed by atoms with van der Waals surface area (Å²) in [5, 5.41) is 39.0. The van der Waals surface area contributed by atoms with Gasteiger partial charge in [0.05, 0.1) is 13.1 Å². The second-order valence-corrected chi connectivity index (χ2v) is 11.4. The number of aryl methyl sites for hydroxylation is 2. The van der Waals surface area contributed by atoms with Crippen molar-refractivity contribution in [3.05, 3.63) is 58.7 Å². The summed E-state index contributed by atoms with van der Waals surface area (Å²) in [5.41, 5.74) is 1.84. The Bertz CT molecular complexity index is 1250. The Morgan fingerprint density at radius 2 is 1.17 bits per heavy atom. The maximum Gasteiger partial charge on any atom is 0.320 e. The molecule has 0 bridgehead atoms. The van der Waals surface area contributed by atoms with E-state index in [1.165, 1.54) is 19.1 Å². The van der Waals surface area contributed by atoms with Gasteiger partial charge in [0.2, 0.25) is 0 Å². The number of phenolic OH excluding ortho intramolecular Hbond substituents is 2. The summed E-state index contributed by atoms with van der Waals surface area (Å²) in [6, 6.07) is 9.77. The number of aromatic hydroxyl groups is 2. The maximum absolute atomic E-state index is 12.8. The van der Waals surface area contributed by atoms with Crippen LogP contribution in [0, 0.1) is 0 Å². The van der Waals surface area contributed by atoms with E-state index in [4.69, 9.17) is 14.9 Å². The summed E-state index contributed by atoms with van der Waals surface area (Å²) in [5.74, 6) is -2.39. The second kappa shape index (κ2) is 15.9. The number of carbonyl (C=O) groups excluding carboxylic acids is 2. The Morgan fingerprint density at radius 3 is 1.55 bits per heavy atom.